The first kappa shape index (κ1) is 16.8. The Kier molecular flexibility index (Phi) is 6.84. The molecule has 0 amide bonds. The summed E-state index contributed by atoms with van der Waals surface area (Å²) in [6, 6.07) is 0.0271. The second-order valence-electron chi connectivity index (χ2n) is 4.41. The molecule has 1 aromatic heterocycles. The van der Waals surface area contributed by atoms with Gasteiger partial charge in [-0.15, -0.1) is 0 Å². The van der Waals surface area contributed by atoms with Crippen molar-refractivity contribution >= 4 is 23.7 Å². The third-order valence-electron chi connectivity index (χ3n) is 2.86. The van der Waals surface area contributed by atoms with E-state index in [1.807, 2.05) is 11.8 Å². The van der Waals surface area contributed by atoms with E-state index in [1.165, 1.54) is 0 Å². The Morgan fingerprint density at radius 1 is 1.35 bits per heavy atom. The van der Waals surface area contributed by atoms with Gasteiger partial charge in [0.2, 0.25) is 0 Å². The van der Waals surface area contributed by atoms with Gasteiger partial charge in [0.1, 0.15) is 16.8 Å². The third kappa shape index (κ3) is 4.13. The Balaban J connectivity index is 3.20. The summed E-state index contributed by atoms with van der Waals surface area (Å²) in [7, 11) is 3.25. The van der Waals surface area contributed by atoms with Crippen LogP contribution >= 0.6 is 11.6 Å². The van der Waals surface area contributed by atoms with Crippen LogP contribution in [0.15, 0.2) is 0 Å². The number of carbonyl (C=O) groups excluding carboxylic acids is 1. The topological polar surface area (TPSA) is 64.5 Å². The highest BCUT2D eigenvalue weighted by Crippen LogP contribution is 2.24. The highest BCUT2D eigenvalue weighted by atomic mass is 35.5. The van der Waals surface area contributed by atoms with Crippen LogP contribution < -0.4 is 4.90 Å². The zero-order chi connectivity index (χ0) is 15.1. The van der Waals surface area contributed by atoms with Gasteiger partial charge in [-0.25, -0.2) is 9.97 Å². The molecule has 1 heterocycles. The van der Waals surface area contributed by atoms with Crippen molar-refractivity contribution in [2.45, 2.75) is 19.9 Å². The number of aldehydes is 1. The SMILES string of the molecule is COCCN(c1nc(C)nc(Cl)c1C=O)C(C)COC. The van der Waals surface area contributed by atoms with Crippen LogP contribution in [0.25, 0.3) is 0 Å². The number of halogens is 1. The number of hydrogen-bond donors (Lipinski definition) is 0. The molecule has 20 heavy (non-hydrogen) atoms. The monoisotopic (exact) mass is 301 g/mol. The molecule has 0 saturated carbocycles. The maximum absolute atomic E-state index is 11.3. The molecule has 0 spiro atoms. The summed E-state index contributed by atoms with van der Waals surface area (Å²) in [6.45, 7) is 5.31. The Morgan fingerprint density at radius 2 is 2.05 bits per heavy atom. The summed E-state index contributed by atoms with van der Waals surface area (Å²) in [5, 5.41) is 0.162. The van der Waals surface area contributed by atoms with Crippen LogP contribution in [0.5, 0.6) is 0 Å². The van der Waals surface area contributed by atoms with Gasteiger partial charge in [-0.3, -0.25) is 4.79 Å². The third-order valence-corrected chi connectivity index (χ3v) is 3.15. The van der Waals surface area contributed by atoms with Crippen molar-refractivity contribution in [3.8, 4) is 0 Å². The van der Waals surface area contributed by atoms with Crippen molar-refractivity contribution in [1.29, 1.82) is 0 Å². The fraction of sp³-hybridized carbons (Fsp3) is 0.615. The van der Waals surface area contributed by atoms with Crippen LogP contribution in [-0.4, -0.2) is 56.3 Å². The second-order valence-corrected chi connectivity index (χ2v) is 4.77. The van der Waals surface area contributed by atoms with E-state index in [0.29, 0.717) is 37.7 Å². The first-order valence-electron chi connectivity index (χ1n) is 6.29. The zero-order valence-corrected chi connectivity index (χ0v) is 13.0. The van der Waals surface area contributed by atoms with Gasteiger partial charge in [-0.1, -0.05) is 11.6 Å². The van der Waals surface area contributed by atoms with Gasteiger partial charge in [-0.05, 0) is 13.8 Å². The summed E-state index contributed by atoms with van der Waals surface area (Å²) in [6.07, 6.45) is 0.677. The lowest BCUT2D eigenvalue weighted by Gasteiger charge is -2.30. The van der Waals surface area contributed by atoms with E-state index in [9.17, 15) is 4.79 Å². The average Bonchev–Trinajstić information content (AvgIpc) is 2.39. The number of aryl methyl sites for hydroxylation is 1. The van der Waals surface area contributed by atoms with Gasteiger partial charge in [0.15, 0.2) is 6.29 Å². The minimum atomic E-state index is 0.0271. The molecule has 0 N–H and O–H groups in total. The molecule has 0 fully saturated rings. The second kappa shape index (κ2) is 8.14. The highest BCUT2D eigenvalue weighted by Gasteiger charge is 2.21. The van der Waals surface area contributed by atoms with E-state index in [1.54, 1.807) is 21.1 Å². The predicted molar refractivity (Wildman–Crippen MR) is 77.7 cm³/mol. The maximum atomic E-state index is 11.3. The number of anilines is 1. The van der Waals surface area contributed by atoms with E-state index >= 15 is 0 Å². The first-order chi connectivity index (χ1) is 9.54. The number of aromatic nitrogens is 2. The number of carbonyl (C=O) groups is 1. The molecular weight excluding hydrogens is 282 g/mol. The van der Waals surface area contributed by atoms with Gasteiger partial charge in [0.05, 0.1) is 24.8 Å². The number of nitrogens with zero attached hydrogens (tertiary/aromatic N) is 3. The van der Waals surface area contributed by atoms with Crippen LogP contribution in [0.1, 0.15) is 23.1 Å². The summed E-state index contributed by atoms with van der Waals surface area (Å²) in [4.78, 5) is 21.6. The van der Waals surface area contributed by atoms with E-state index in [4.69, 9.17) is 21.1 Å². The van der Waals surface area contributed by atoms with E-state index in [0.717, 1.165) is 0 Å². The Morgan fingerprint density at radius 3 is 2.60 bits per heavy atom. The lowest BCUT2D eigenvalue weighted by molar-refractivity contribution is 0.112. The lowest BCUT2D eigenvalue weighted by atomic mass is 10.2. The maximum Gasteiger partial charge on any atom is 0.156 e. The number of ether oxygens (including phenoxy) is 2. The van der Waals surface area contributed by atoms with E-state index < -0.39 is 0 Å². The van der Waals surface area contributed by atoms with Gasteiger partial charge < -0.3 is 14.4 Å². The Labute approximate surface area is 124 Å². The smallest absolute Gasteiger partial charge is 0.156 e. The number of rotatable bonds is 8. The van der Waals surface area contributed by atoms with Crippen molar-refractivity contribution in [2.24, 2.45) is 0 Å². The van der Waals surface area contributed by atoms with Crippen LogP contribution in [0.3, 0.4) is 0 Å². The van der Waals surface area contributed by atoms with Crippen molar-refractivity contribution in [2.75, 3.05) is 38.9 Å². The van der Waals surface area contributed by atoms with Gasteiger partial charge >= 0.3 is 0 Å². The quantitative estimate of drug-likeness (QED) is 0.538. The van der Waals surface area contributed by atoms with E-state index in [2.05, 4.69) is 9.97 Å². The van der Waals surface area contributed by atoms with Gasteiger partial charge in [-0.2, -0.15) is 0 Å². The van der Waals surface area contributed by atoms with Gasteiger partial charge in [0, 0.05) is 20.8 Å². The first-order valence-corrected chi connectivity index (χ1v) is 6.66. The summed E-state index contributed by atoms with van der Waals surface area (Å²) in [5.74, 6) is 1.03. The molecule has 0 bridgehead atoms. The molecule has 0 aliphatic rings. The van der Waals surface area contributed by atoms with E-state index in [-0.39, 0.29) is 16.8 Å². The van der Waals surface area contributed by atoms with Crippen LogP contribution in [-0.2, 0) is 9.47 Å². The minimum absolute atomic E-state index is 0.0271. The largest absolute Gasteiger partial charge is 0.383 e. The number of hydrogen-bond acceptors (Lipinski definition) is 6. The summed E-state index contributed by atoms with van der Waals surface area (Å²) < 4.78 is 10.3. The molecule has 1 aromatic rings. The fourth-order valence-electron chi connectivity index (χ4n) is 1.91. The molecule has 7 heteroatoms. The van der Waals surface area contributed by atoms with Crippen molar-refractivity contribution < 1.29 is 14.3 Å². The molecule has 1 unspecified atom stereocenters. The summed E-state index contributed by atoms with van der Waals surface area (Å²) in [5.41, 5.74) is 0.288. The molecule has 0 aromatic carbocycles. The van der Waals surface area contributed by atoms with Crippen molar-refractivity contribution in [3.05, 3.63) is 16.5 Å². The van der Waals surface area contributed by atoms with Gasteiger partial charge in [0.25, 0.3) is 0 Å². The minimum Gasteiger partial charge on any atom is -0.383 e. The average molecular weight is 302 g/mol. The molecule has 1 rings (SSSR count). The number of methoxy groups -OCH3 is 2. The molecule has 0 aliphatic carbocycles. The Bertz CT molecular complexity index is 457. The molecular formula is C13H20ClN3O3. The fourth-order valence-corrected chi connectivity index (χ4v) is 2.16. The highest BCUT2D eigenvalue weighted by molar-refractivity contribution is 6.32. The van der Waals surface area contributed by atoms with Crippen molar-refractivity contribution in [3.63, 3.8) is 0 Å². The summed E-state index contributed by atoms with van der Waals surface area (Å²) >= 11 is 6.02. The van der Waals surface area contributed by atoms with Crippen LogP contribution in [0.4, 0.5) is 5.82 Å². The van der Waals surface area contributed by atoms with Crippen molar-refractivity contribution in [1.82, 2.24) is 9.97 Å². The van der Waals surface area contributed by atoms with Crippen LogP contribution in [0.2, 0.25) is 5.15 Å². The molecule has 0 radical (unpaired) electrons. The Hall–Kier alpha value is -1.24. The lowest BCUT2D eigenvalue weighted by Crippen LogP contribution is -2.40. The standard InChI is InChI=1S/C13H20ClN3O3/c1-9(8-20-4)17(5-6-19-3)13-11(7-18)12(14)15-10(2)16-13/h7,9H,5-6,8H2,1-4H3. The normalized spacial score (nSPS) is 12.2. The molecule has 6 nitrogen and oxygen atoms in total. The molecule has 1 atom stereocenters. The molecule has 112 valence electrons. The predicted octanol–water partition coefficient (Wildman–Crippen LogP) is 1.74. The van der Waals surface area contributed by atoms with Crippen LogP contribution in [0, 0.1) is 6.92 Å². The zero-order valence-electron chi connectivity index (χ0n) is 12.2. The molecule has 0 aliphatic heterocycles. The molecule has 0 saturated heterocycles.